The molecule has 0 saturated carbocycles. The summed E-state index contributed by atoms with van der Waals surface area (Å²) in [6.07, 6.45) is 0.776. The number of carbonyl (C=O) groups is 3. The lowest BCUT2D eigenvalue weighted by molar-refractivity contribution is -0.119. The fourth-order valence-electron chi connectivity index (χ4n) is 2.85. The van der Waals surface area contributed by atoms with E-state index in [2.05, 4.69) is 10.6 Å². The van der Waals surface area contributed by atoms with Gasteiger partial charge >= 0.3 is 0 Å². The summed E-state index contributed by atoms with van der Waals surface area (Å²) in [6, 6.07) is 16.6. The number of hydrogen-bond acceptors (Lipinski definition) is 4. The van der Waals surface area contributed by atoms with Crippen molar-refractivity contribution in [1.82, 2.24) is 15.5 Å². The molecule has 0 aliphatic carbocycles. The summed E-state index contributed by atoms with van der Waals surface area (Å²) in [6.45, 7) is 0.617. The van der Waals surface area contributed by atoms with Gasteiger partial charge in [-0.05, 0) is 36.3 Å². The number of nitrogens with one attached hydrogen (secondary N) is 2. The van der Waals surface area contributed by atoms with E-state index >= 15 is 0 Å². The second kappa shape index (κ2) is 8.55. The van der Waals surface area contributed by atoms with Crippen LogP contribution in [-0.2, 0) is 11.2 Å². The van der Waals surface area contributed by atoms with E-state index < -0.39 is 0 Å². The molecule has 2 N–H and O–H groups in total. The normalized spacial score (nSPS) is 12.7. The lowest BCUT2D eigenvalue weighted by Gasteiger charge is -2.14. The predicted octanol–water partition coefficient (Wildman–Crippen LogP) is 1.91. The molecule has 7 heteroatoms. The van der Waals surface area contributed by atoms with Gasteiger partial charge in [0.25, 0.3) is 11.8 Å². The van der Waals surface area contributed by atoms with Gasteiger partial charge < -0.3 is 10.6 Å². The van der Waals surface area contributed by atoms with Gasteiger partial charge in [0.15, 0.2) is 5.11 Å². The van der Waals surface area contributed by atoms with Crippen molar-refractivity contribution in [1.29, 1.82) is 0 Å². The molecule has 3 amide bonds. The van der Waals surface area contributed by atoms with E-state index in [0.29, 0.717) is 17.7 Å². The van der Waals surface area contributed by atoms with Crippen molar-refractivity contribution in [2.75, 3.05) is 13.1 Å². The Bertz CT molecular complexity index is 848. The van der Waals surface area contributed by atoms with E-state index in [9.17, 15) is 14.4 Å². The Balaban J connectivity index is 1.41. The maximum atomic E-state index is 12.3. The molecule has 3 rings (SSSR count). The Kier molecular flexibility index (Phi) is 5.93. The molecular weight excluding hydrogens is 362 g/mol. The minimum Gasteiger partial charge on any atom is -0.362 e. The van der Waals surface area contributed by atoms with Crippen LogP contribution >= 0.6 is 12.2 Å². The molecule has 138 valence electrons. The van der Waals surface area contributed by atoms with E-state index in [0.717, 1.165) is 11.3 Å². The van der Waals surface area contributed by atoms with Crippen LogP contribution in [0.4, 0.5) is 0 Å². The van der Waals surface area contributed by atoms with Crippen LogP contribution in [0.15, 0.2) is 54.6 Å². The van der Waals surface area contributed by atoms with E-state index in [1.165, 1.54) is 5.56 Å². The molecule has 0 spiro atoms. The summed E-state index contributed by atoms with van der Waals surface area (Å²) in [5.41, 5.74) is 1.92. The van der Waals surface area contributed by atoms with Gasteiger partial charge in [-0.1, -0.05) is 42.5 Å². The van der Waals surface area contributed by atoms with Gasteiger partial charge in [-0.2, -0.15) is 0 Å². The highest BCUT2D eigenvalue weighted by Crippen LogP contribution is 2.22. The number of benzene rings is 2. The molecule has 1 aliphatic rings. The largest absolute Gasteiger partial charge is 0.362 e. The summed E-state index contributed by atoms with van der Waals surface area (Å²) in [7, 11) is 0. The lowest BCUT2D eigenvalue weighted by Crippen LogP contribution is -2.41. The molecule has 0 bridgehead atoms. The molecule has 1 heterocycles. The second-order valence-electron chi connectivity index (χ2n) is 6.10. The number of rotatable bonds is 6. The first kappa shape index (κ1) is 18.7. The number of fused-ring (bicyclic) bond motifs is 1. The number of nitrogens with zero attached hydrogens (tertiary/aromatic N) is 1. The van der Waals surface area contributed by atoms with Crippen molar-refractivity contribution >= 4 is 35.1 Å². The Labute approximate surface area is 162 Å². The van der Waals surface area contributed by atoms with Crippen LogP contribution in [0, 0.1) is 0 Å². The number of hydrogen-bond donors (Lipinski definition) is 2. The zero-order chi connectivity index (χ0) is 19.2. The first-order chi connectivity index (χ1) is 13.1. The molecular formula is C20H19N3O3S. The van der Waals surface area contributed by atoms with Gasteiger partial charge in [0.2, 0.25) is 5.91 Å². The fraction of sp³-hybridized carbons (Fsp3) is 0.200. The third-order valence-electron chi connectivity index (χ3n) is 4.24. The Hall–Kier alpha value is -3.06. The van der Waals surface area contributed by atoms with Crippen molar-refractivity contribution in [3.63, 3.8) is 0 Å². The highest BCUT2D eigenvalue weighted by molar-refractivity contribution is 7.80. The molecule has 0 aromatic heterocycles. The third kappa shape index (κ3) is 4.57. The monoisotopic (exact) mass is 381 g/mol. The molecule has 0 saturated heterocycles. The topological polar surface area (TPSA) is 78.5 Å². The highest BCUT2D eigenvalue weighted by atomic mass is 32.1. The van der Waals surface area contributed by atoms with Crippen LogP contribution in [0.1, 0.15) is 32.7 Å². The Morgan fingerprint density at radius 3 is 2.15 bits per heavy atom. The molecule has 0 unspecified atom stereocenters. The first-order valence-electron chi connectivity index (χ1n) is 8.63. The minimum atomic E-state index is -0.369. The zero-order valence-electron chi connectivity index (χ0n) is 14.6. The molecule has 27 heavy (non-hydrogen) atoms. The van der Waals surface area contributed by atoms with Gasteiger partial charge in [-0.25, -0.2) is 0 Å². The Morgan fingerprint density at radius 1 is 0.926 bits per heavy atom. The average molecular weight is 381 g/mol. The average Bonchev–Trinajstić information content (AvgIpc) is 2.92. The maximum Gasteiger partial charge on any atom is 0.261 e. The number of imide groups is 1. The number of amides is 3. The first-order valence-corrected chi connectivity index (χ1v) is 9.04. The van der Waals surface area contributed by atoms with Crippen molar-refractivity contribution in [2.24, 2.45) is 0 Å². The summed E-state index contributed by atoms with van der Waals surface area (Å²) in [5, 5.41) is 5.78. The van der Waals surface area contributed by atoms with Crippen molar-refractivity contribution in [3.8, 4) is 0 Å². The summed E-state index contributed by atoms with van der Waals surface area (Å²) >= 11 is 5.11. The van der Waals surface area contributed by atoms with Crippen molar-refractivity contribution in [3.05, 3.63) is 71.3 Å². The summed E-state index contributed by atoms with van der Waals surface area (Å²) in [5.74, 6) is -1.08. The lowest BCUT2D eigenvalue weighted by atomic mass is 10.1. The van der Waals surface area contributed by atoms with E-state index in [1.807, 2.05) is 30.3 Å². The standard InChI is InChI=1S/C20H19N3O3S/c24-17(22-20(27)21-12-10-14-6-2-1-3-7-14)11-13-23-18(25)15-8-4-5-9-16(15)19(23)26/h1-9H,10-13H2,(H2,21,22,24,27). The van der Waals surface area contributed by atoms with Gasteiger partial charge in [-0.3, -0.25) is 19.3 Å². The van der Waals surface area contributed by atoms with Crippen molar-refractivity contribution < 1.29 is 14.4 Å². The number of thiocarbonyl (C=S) groups is 1. The fourth-order valence-corrected chi connectivity index (χ4v) is 3.07. The molecule has 0 fully saturated rings. The molecule has 1 aliphatic heterocycles. The highest BCUT2D eigenvalue weighted by Gasteiger charge is 2.34. The molecule has 0 atom stereocenters. The second-order valence-corrected chi connectivity index (χ2v) is 6.51. The van der Waals surface area contributed by atoms with Gasteiger partial charge in [-0.15, -0.1) is 0 Å². The summed E-state index contributed by atoms with van der Waals surface area (Å²) in [4.78, 5) is 37.6. The summed E-state index contributed by atoms with van der Waals surface area (Å²) < 4.78 is 0. The van der Waals surface area contributed by atoms with Crippen LogP contribution in [0.5, 0.6) is 0 Å². The van der Waals surface area contributed by atoms with E-state index in [1.54, 1.807) is 24.3 Å². The van der Waals surface area contributed by atoms with Crippen molar-refractivity contribution in [2.45, 2.75) is 12.8 Å². The molecule has 0 radical (unpaired) electrons. The molecule has 2 aromatic rings. The zero-order valence-corrected chi connectivity index (χ0v) is 15.4. The maximum absolute atomic E-state index is 12.3. The van der Waals surface area contributed by atoms with Crippen LogP contribution in [0.3, 0.4) is 0 Å². The van der Waals surface area contributed by atoms with Crippen LogP contribution in [-0.4, -0.2) is 40.8 Å². The SMILES string of the molecule is O=C(CCN1C(=O)c2ccccc2C1=O)NC(=S)NCCc1ccccc1. The van der Waals surface area contributed by atoms with Gasteiger partial charge in [0.05, 0.1) is 11.1 Å². The van der Waals surface area contributed by atoms with Crippen LogP contribution < -0.4 is 10.6 Å². The smallest absolute Gasteiger partial charge is 0.261 e. The molecule has 2 aromatic carbocycles. The predicted molar refractivity (Wildman–Crippen MR) is 105 cm³/mol. The van der Waals surface area contributed by atoms with Crippen LogP contribution in [0.2, 0.25) is 0 Å². The van der Waals surface area contributed by atoms with E-state index in [-0.39, 0.29) is 35.8 Å². The van der Waals surface area contributed by atoms with E-state index in [4.69, 9.17) is 12.2 Å². The Morgan fingerprint density at radius 2 is 1.52 bits per heavy atom. The van der Waals surface area contributed by atoms with Gasteiger partial charge in [0.1, 0.15) is 0 Å². The van der Waals surface area contributed by atoms with Crippen LogP contribution in [0.25, 0.3) is 0 Å². The quantitative estimate of drug-likeness (QED) is 0.590. The minimum absolute atomic E-state index is 0.00796. The third-order valence-corrected chi connectivity index (χ3v) is 4.48. The number of carbonyl (C=O) groups excluding carboxylic acids is 3. The molecule has 6 nitrogen and oxygen atoms in total. The van der Waals surface area contributed by atoms with Gasteiger partial charge in [0, 0.05) is 19.5 Å².